The third kappa shape index (κ3) is 2.42. The van der Waals surface area contributed by atoms with Crippen molar-refractivity contribution in [2.75, 3.05) is 39.4 Å². The molecule has 0 spiro atoms. The smallest absolute Gasteiger partial charge is 0.0516 e. The number of likely N-dealkylation sites (tertiary alicyclic amines) is 1. The molecule has 3 nitrogen and oxygen atoms in total. The van der Waals surface area contributed by atoms with E-state index in [9.17, 15) is 0 Å². The number of hydrogen-bond donors (Lipinski definition) is 1. The van der Waals surface area contributed by atoms with Crippen molar-refractivity contribution in [2.24, 2.45) is 17.6 Å². The SMILES string of the molecule is NCCC1CN(CCC2COC2)C1. The molecule has 2 rings (SSSR count). The average molecular weight is 184 g/mol. The fraction of sp³-hybridized carbons (Fsp3) is 1.00. The third-order valence-electron chi connectivity index (χ3n) is 3.17. The zero-order chi connectivity index (χ0) is 9.10. The van der Waals surface area contributed by atoms with Crippen molar-refractivity contribution in [1.29, 1.82) is 0 Å². The highest BCUT2D eigenvalue weighted by molar-refractivity contribution is 4.80. The van der Waals surface area contributed by atoms with Gasteiger partial charge in [-0.25, -0.2) is 0 Å². The molecule has 0 amide bonds. The van der Waals surface area contributed by atoms with E-state index in [1.54, 1.807) is 0 Å². The summed E-state index contributed by atoms with van der Waals surface area (Å²) in [7, 11) is 0. The molecule has 2 heterocycles. The lowest BCUT2D eigenvalue weighted by molar-refractivity contribution is -0.0437. The van der Waals surface area contributed by atoms with Crippen LogP contribution in [0.5, 0.6) is 0 Å². The lowest BCUT2D eigenvalue weighted by atomic mass is 9.95. The van der Waals surface area contributed by atoms with Crippen molar-refractivity contribution in [1.82, 2.24) is 4.90 Å². The summed E-state index contributed by atoms with van der Waals surface area (Å²) in [6.45, 7) is 6.69. The second kappa shape index (κ2) is 4.40. The number of nitrogens with zero attached hydrogens (tertiary/aromatic N) is 1. The molecule has 0 saturated carbocycles. The second-order valence-electron chi connectivity index (χ2n) is 4.40. The quantitative estimate of drug-likeness (QED) is 0.668. The fourth-order valence-corrected chi connectivity index (χ4v) is 2.09. The summed E-state index contributed by atoms with van der Waals surface area (Å²) in [4.78, 5) is 2.54. The van der Waals surface area contributed by atoms with Crippen LogP contribution in [0.2, 0.25) is 0 Å². The molecule has 3 heteroatoms. The third-order valence-corrected chi connectivity index (χ3v) is 3.17. The van der Waals surface area contributed by atoms with Crippen LogP contribution < -0.4 is 5.73 Å². The topological polar surface area (TPSA) is 38.5 Å². The second-order valence-corrected chi connectivity index (χ2v) is 4.40. The van der Waals surface area contributed by atoms with Gasteiger partial charge in [0.15, 0.2) is 0 Å². The first-order valence-corrected chi connectivity index (χ1v) is 5.38. The highest BCUT2D eigenvalue weighted by atomic mass is 16.5. The summed E-state index contributed by atoms with van der Waals surface area (Å²) in [5.41, 5.74) is 5.50. The molecule has 13 heavy (non-hydrogen) atoms. The molecule has 0 aromatic heterocycles. The molecule has 0 aromatic carbocycles. The van der Waals surface area contributed by atoms with Crippen LogP contribution >= 0.6 is 0 Å². The van der Waals surface area contributed by atoms with Crippen LogP contribution in [0.15, 0.2) is 0 Å². The molecule has 2 fully saturated rings. The highest BCUT2D eigenvalue weighted by Gasteiger charge is 2.27. The molecule has 2 aliphatic heterocycles. The fourth-order valence-electron chi connectivity index (χ4n) is 2.09. The maximum Gasteiger partial charge on any atom is 0.0516 e. The highest BCUT2D eigenvalue weighted by Crippen LogP contribution is 2.21. The molecule has 0 bridgehead atoms. The number of hydrogen-bond acceptors (Lipinski definition) is 3. The van der Waals surface area contributed by atoms with E-state index in [-0.39, 0.29) is 0 Å². The van der Waals surface area contributed by atoms with Crippen molar-refractivity contribution in [2.45, 2.75) is 12.8 Å². The van der Waals surface area contributed by atoms with Gasteiger partial charge in [0.05, 0.1) is 13.2 Å². The van der Waals surface area contributed by atoms with Crippen molar-refractivity contribution in [3.63, 3.8) is 0 Å². The average Bonchev–Trinajstić information content (AvgIpc) is 1.96. The van der Waals surface area contributed by atoms with Gasteiger partial charge in [-0.05, 0) is 31.8 Å². The Labute approximate surface area is 80.2 Å². The van der Waals surface area contributed by atoms with Gasteiger partial charge < -0.3 is 15.4 Å². The van der Waals surface area contributed by atoms with Crippen LogP contribution in [0.3, 0.4) is 0 Å². The van der Waals surface area contributed by atoms with E-state index in [0.29, 0.717) is 0 Å². The Hall–Kier alpha value is -0.120. The van der Waals surface area contributed by atoms with E-state index >= 15 is 0 Å². The molecule has 0 unspecified atom stereocenters. The Balaban J connectivity index is 1.49. The molecule has 0 atom stereocenters. The van der Waals surface area contributed by atoms with Gasteiger partial charge in [-0.3, -0.25) is 0 Å². The van der Waals surface area contributed by atoms with Crippen LogP contribution in [0, 0.1) is 11.8 Å². The Morgan fingerprint density at radius 2 is 1.92 bits per heavy atom. The summed E-state index contributed by atoms with van der Waals surface area (Å²) in [6.07, 6.45) is 2.54. The van der Waals surface area contributed by atoms with Crippen LogP contribution in [0.4, 0.5) is 0 Å². The van der Waals surface area contributed by atoms with E-state index in [0.717, 1.165) is 31.6 Å². The van der Waals surface area contributed by atoms with E-state index in [2.05, 4.69) is 4.90 Å². The molecule has 2 saturated heterocycles. The van der Waals surface area contributed by atoms with Gasteiger partial charge >= 0.3 is 0 Å². The minimum atomic E-state index is 0.855. The van der Waals surface area contributed by atoms with Crippen molar-refractivity contribution < 1.29 is 4.74 Å². The van der Waals surface area contributed by atoms with Gasteiger partial charge in [0.1, 0.15) is 0 Å². The number of nitrogens with two attached hydrogens (primary N) is 1. The van der Waals surface area contributed by atoms with Crippen LogP contribution in [0.1, 0.15) is 12.8 Å². The lowest BCUT2D eigenvalue weighted by Gasteiger charge is -2.40. The van der Waals surface area contributed by atoms with Gasteiger partial charge in [0, 0.05) is 19.0 Å². The van der Waals surface area contributed by atoms with Gasteiger partial charge in [-0.1, -0.05) is 0 Å². The zero-order valence-corrected chi connectivity index (χ0v) is 8.24. The minimum Gasteiger partial charge on any atom is -0.381 e. The molecule has 76 valence electrons. The Morgan fingerprint density at radius 3 is 2.46 bits per heavy atom. The van der Waals surface area contributed by atoms with Crippen LogP contribution in [-0.2, 0) is 4.74 Å². The maximum atomic E-state index is 5.50. The monoisotopic (exact) mass is 184 g/mol. The first-order chi connectivity index (χ1) is 6.38. The van der Waals surface area contributed by atoms with Gasteiger partial charge in [-0.2, -0.15) is 0 Å². The van der Waals surface area contributed by atoms with E-state index in [1.165, 1.54) is 32.5 Å². The van der Waals surface area contributed by atoms with Crippen LogP contribution in [0.25, 0.3) is 0 Å². The number of ether oxygens (including phenoxy) is 1. The summed E-state index contributed by atoms with van der Waals surface area (Å²) in [6, 6.07) is 0. The van der Waals surface area contributed by atoms with Gasteiger partial charge in [-0.15, -0.1) is 0 Å². The number of rotatable bonds is 5. The summed E-state index contributed by atoms with van der Waals surface area (Å²) < 4.78 is 5.14. The summed E-state index contributed by atoms with van der Waals surface area (Å²) in [5.74, 6) is 1.75. The normalized spacial score (nSPS) is 25.6. The van der Waals surface area contributed by atoms with E-state index < -0.39 is 0 Å². The molecular weight excluding hydrogens is 164 g/mol. The standard InChI is InChI=1S/C10H20N2O/c11-3-1-9-5-12(6-9)4-2-10-7-13-8-10/h9-10H,1-8,11H2. The molecule has 0 aliphatic carbocycles. The first kappa shape index (κ1) is 9.44. The predicted molar refractivity (Wildman–Crippen MR) is 52.5 cm³/mol. The summed E-state index contributed by atoms with van der Waals surface area (Å²) >= 11 is 0. The molecule has 0 radical (unpaired) electrons. The van der Waals surface area contributed by atoms with Crippen molar-refractivity contribution >= 4 is 0 Å². The maximum absolute atomic E-state index is 5.50. The lowest BCUT2D eigenvalue weighted by Crippen LogP contribution is -2.48. The van der Waals surface area contributed by atoms with Crippen molar-refractivity contribution in [3.05, 3.63) is 0 Å². The Kier molecular flexibility index (Phi) is 3.19. The largest absolute Gasteiger partial charge is 0.381 e. The summed E-state index contributed by atoms with van der Waals surface area (Å²) in [5, 5.41) is 0. The Bertz CT molecular complexity index is 153. The van der Waals surface area contributed by atoms with Crippen LogP contribution in [-0.4, -0.2) is 44.3 Å². The molecule has 2 N–H and O–H groups in total. The predicted octanol–water partition coefficient (Wildman–Crippen LogP) is 0.304. The van der Waals surface area contributed by atoms with E-state index in [1.807, 2.05) is 0 Å². The Morgan fingerprint density at radius 1 is 1.15 bits per heavy atom. The zero-order valence-electron chi connectivity index (χ0n) is 8.24. The van der Waals surface area contributed by atoms with Gasteiger partial charge in [0.2, 0.25) is 0 Å². The van der Waals surface area contributed by atoms with Crippen molar-refractivity contribution in [3.8, 4) is 0 Å². The molecule has 0 aromatic rings. The van der Waals surface area contributed by atoms with Gasteiger partial charge in [0.25, 0.3) is 0 Å². The molecule has 2 aliphatic rings. The minimum absolute atomic E-state index is 0.855. The molecular formula is C10H20N2O. The first-order valence-electron chi connectivity index (χ1n) is 5.38. The van der Waals surface area contributed by atoms with E-state index in [4.69, 9.17) is 10.5 Å².